The monoisotopic (exact) mass is 334 g/mol. The van der Waals surface area contributed by atoms with Crippen molar-refractivity contribution >= 4 is 29.0 Å². The van der Waals surface area contributed by atoms with Crippen molar-refractivity contribution in [3.05, 3.63) is 24.3 Å². The molecule has 2 N–H and O–H groups in total. The van der Waals surface area contributed by atoms with Crippen molar-refractivity contribution < 1.29 is 9.90 Å². The molecule has 0 bridgehead atoms. The predicted octanol–water partition coefficient (Wildman–Crippen LogP) is 3.12. The van der Waals surface area contributed by atoms with Crippen LogP contribution in [0.15, 0.2) is 24.3 Å². The van der Waals surface area contributed by atoms with E-state index >= 15 is 0 Å². The third-order valence-corrected chi connectivity index (χ3v) is 5.98. The van der Waals surface area contributed by atoms with Crippen LogP contribution in [0.5, 0.6) is 0 Å². The van der Waals surface area contributed by atoms with E-state index in [2.05, 4.69) is 23.2 Å². The van der Waals surface area contributed by atoms with Gasteiger partial charge in [-0.05, 0) is 61.3 Å². The van der Waals surface area contributed by atoms with Crippen LogP contribution in [0.3, 0.4) is 0 Å². The van der Waals surface area contributed by atoms with Crippen molar-refractivity contribution in [1.29, 1.82) is 0 Å². The number of nitrogens with zero attached hydrogens (tertiary/aromatic N) is 1. The molecule has 2 fully saturated rings. The first kappa shape index (κ1) is 16.7. The Labute approximate surface area is 142 Å². The lowest BCUT2D eigenvalue weighted by atomic mass is 9.95. The molecule has 0 radical (unpaired) electrons. The highest BCUT2D eigenvalue weighted by atomic mass is 32.2. The summed E-state index contributed by atoms with van der Waals surface area (Å²) in [7, 11) is 0. The Hall–Kier alpha value is -1.20. The first-order valence-corrected chi connectivity index (χ1v) is 9.69. The molecule has 23 heavy (non-hydrogen) atoms. The molecule has 2 saturated heterocycles. The molecular weight excluding hydrogens is 308 g/mol. The van der Waals surface area contributed by atoms with E-state index in [-0.39, 0.29) is 5.91 Å². The minimum Gasteiger partial charge on any atom is -0.380 e. The molecule has 0 saturated carbocycles. The summed E-state index contributed by atoms with van der Waals surface area (Å²) in [5, 5.41) is 13.4. The number of anilines is 2. The molecular formula is C18H26N2O2S. The van der Waals surface area contributed by atoms with E-state index in [1.165, 1.54) is 12.8 Å². The Balaban J connectivity index is 1.66. The van der Waals surface area contributed by atoms with Gasteiger partial charge in [0.25, 0.3) is 5.91 Å². The highest BCUT2D eigenvalue weighted by molar-refractivity contribution is 7.99. The number of hydrogen-bond donors (Lipinski definition) is 2. The SMILES string of the molecule is CC1CCN(c2cccc(NC(=O)C3(O)CCSCC3)c2)CC1. The fourth-order valence-electron chi connectivity index (χ4n) is 3.23. The van der Waals surface area contributed by atoms with Gasteiger partial charge in [0.2, 0.25) is 0 Å². The number of amides is 1. The molecule has 5 heteroatoms. The van der Waals surface area contributed by atoms with Crippen LogP contribution in [0.4, 0.5) is 11.4 Å². The van der Waals surface area contributed by atoms with Crippen molar-refractivity contribution in [3.63, 3.8) is 0 Å². The predicted molar refractivity (Wildman–Crippen MR) is 97.2 cm³/mol. The molecule has 2 aliphatic heterocycles. The topological polar surface area (TPSA) is 52.6 Å². The highest BCUT2D eigenvalue weighted by Gasteiger charge is 2.37. The molecule has 126 valence electrons. The van der Waals surface area contributed by atoms with Gasteiger partial charge in [0.1, 0.15) is 5.60 Å². The Morgan fingerprint density at radius 2 is 2.00 bits per heavy atom. The minimum atomic E-state index is -1.21. The Morgan fingerprint density at radius 1 is 1.30 bits per heavy atom. The average molecular weight is 334 g/mol. The van der Waals surface area contributed by atoms with Crippen LogP contribution in [0.1, 0.15) is 32.6 Å². The van der Waals surface area contributed by atoms with Crippen LogP contribution >= 0.6 is 11.8 Å². The van der Waals surface area contributed by atoms with Gasteiger partial charge in [-0.1, -0.05) is 13.0 Å². The number of benzene rings is 1. The zero-order valence-corrected chi connectivity index (χ0v) is 14.6. The first-order chi connectivity index (χ1) is 11.1. The van der Waals surface area contributed by atoms with Crippen LogP contribution < -0.4 is 10.2 Å². The van der Waals surface area contributed by atoms with Gasteiger partial charge >= 0.3 is 0 Å². The Morgan fingerprint density at radius 3 is 2.70 bits per heavy atom. The second-order valence-electron chi connectivity index (χ2n) is 6.82. The molecule has 1 aromatic carbocycles. The van der Waals surface area contributed by atoms with E-state index in [0.29, 0.717) is 12.8 Å². The molecule has 0 spiro atoms. The van der Waals surface area contributed by atoms with Crippen molar-refractivity contribution in [2.75, 3.05) is 34.8 Å². The van der Waals surface area contributed by atoms with Gasteiger partial charge in [0, 0.05) is 24.5 Å². The number of thioether (sulfide) groups is 1. The van der Waals surface area contributed by atoms with Gasteiger partial charge in [-0.15, -0.1) is 0 Å². The van der Waals surface area contributed by atoms with Crippen molar-refractivity contribution in [1.82, 2.24) is 0 Å². The fourth-order valence-corrected chi connectivity index (χ4v) is 4.40. The summed E-state index contributed by atoms with van der Waals surface area (Å²) in [4.78, 5) is 14.8. The van der Waals surface area contributed by atoms with E-state index in [1.807, 2.05) is 18.2 Å². The number of rotatable bonds is 3. The maximum atomic E-state index is 12.4. The molecule has 0 unspecified atom stereocenters. The molecule has 0 aromatic heterocycles. The Kier molecular flexibility index (Phi) is 5.17. The van der Waals surface area contributed by atoms with E-state index in [9.17, 15) is 9.90 Å². The summed E-state index contributed by atoms with van der Waals surface area (Å²) in [6.45, 7) is 4.44. The summed E-state index contributed by atoms with van der Waals surface area (Å²) in [6.07, 6.45) is 3.50. The lowest BCUT2D eigenvalue weighted by Gasteiger charge is -2.33. The van der Waals surface area contributed by atoms with E-state index in [0.717, 1.165) is 41.9 Å². The third-order valence-electron chi connectivity index (χ3n) is 5.00. The van der Waals surface area contributed by atoms with Crippen molar-refractivity contribution in [2.45, 2.75) is 38.2 Å². The molecule has 2 aliphatic rings. The highest BCUT2D eigenvalue weighted by Crippen LogP contribution is 2.29. The summed E-state index contributed by atoms with van der Waals surface area (Å²) < 4.78 is 0. The fraction of sp³-hybridized carbons (Fsp3) is 0.611. The van der Waals surface area contributed by atoms with Gasteiger partial charge < -0.3 is 15.3 Å². The van der Waals surface area contributed by atoms with E-state index in [1.54, 1.807) is 11.8 Å². The van der Waals surface area contributed by atoms with E-state index < -0.39 is 5.60 Å². The average Bonchev–Trinajstić information content (AvgIpc) is 2.56. The zero-order valence-electron chi connectivity index (χ0n) is 13.8. The summed E-state index contributed by atoms with van der Waals surface area (Å²) in [5.41, 5.74) is 0.723. The largest absolute Gasteiger partial charge is 0.380 e. The summed E-state index contributed by atoms with van der Waals surface area (Å²) >= 11 is 1.80. The van der Waals surface area contributed by atoms with Gasteiger partial charge in [-0.25, -0.2) is 0 Å². The molecule has 0 atom stereocenters. The lowest BCUT2D eigenvalue weighted by molar-refractivity contribution is -0.134. The smallest absolute Gasteiger partial charge is 0.256 e. The summed E-state index contributed by atoms with van der Waals surface area (Å²) in [5.74, 6) is 2.22. The van der Waals surface area contributed by atoms with Crippen LogP contribution in [0.25, 0.3) is 0 Å². The van der Waals surface area contributed by atoms with E-state index in [4.69, 9.17) is 0 Å². The number of carbonyl (C=O) groups is 1. The van der Waals surface area contributed by atoms with Crippen molar-refractivity contribution in [2.24, 2.45) is 5.92 Å². The number of carbonyl (C=O) groups excluding carboxylic acids is 1. The minimum absolute atomic E-state index is 0.262. The number of aliphatic hydroxyl groups is 1. The van der Waals surface area contributed by atoms with Gasteiger partial charge in [-0.2, -0.15) is 11.8 Å². The van der Waals surface area contributed by atoms with Gasteiger partial charge in [0.15, 0.2) is 0 Å². The number of hydrogen-bond acceptors (Lipinski definition) is 4. The van der Waals surface area contributed by atoms with Crippen molar-refractivity contribution in [3.8, 4) is 0 Å². The number of nitrogens with one attached hydrogen (secondary N) is 1. The number of piperidine rings is 1. The van der Waals surface area contributed by atoms with Gasteiger partial charge in [-0.3, -0.25) is 4.79 Å². The van der Waals surface area contributed by atoms with Crippen LogP contribution in [-0.2, 0) is 4.79 Å². The second kappa shape index (κ2) is 7.14. The van der Waals surface area contributed by atoms with Crippen LogP contribution in [-0.4, -0.2) is 41.2 Å². The molecule has 2 heterocycles. The van der Waals surface area contributed by atoms with Crippen LogP contribution in [0, 0.1) is 5.92 Å². The lowest BCUT2D eigenvalue weighted by Crippen LogP contribution is -2.45. The maximum Gasteiger partial charge on any atom is 0.256 e. The molecule has 1 aromatic rings. The van der Waals surface area contributed by atoms with Gasteiger partial charge in [0.05, 0.1) is 0 Å². The molecule has 1 amide bonds. The second-order valence-corrected chi connectivity index (χ2v) is 8.04. The Bertz CT molecular complexity index is 550. The normalized spacial score (nSPS) is 21.9. The summed E-state index contributed by atoms with van der Waals surface area (Å²) in [6, 6.07) is 7.99. The molecule has 3 rings (SSSR count). The zero-order chi connectivity index (χ0) is 16.3. The van der Waals surface area contributed by atoms with Crippen LogP contribution in [0.2, 0.25) is 0 Å². The first-order valence-electron chi connectivity index (χ1n) is 8.53. The maximum absolute atomic E-state index is 12.4. The molecule has 4 nitrogen and oxygen atoms in total. The molecule has 0 aliphatic carbocycles. The third kappa shape index (κ3) is 4.01. The quantitative estimate of drug-likeness (QED) is 0.892. The standard InChI is InChI=1S/C18H26N2O2S/c1-14-5-9-20(10-6-14)16-4-2-3-15(13-16)19-17(21)18(22)7-11-23-12-8-18/h2-4,13-14,22H,5-12H2,1H3,(H,19,21).